The molecular weight excluding hydrogens is 416 g/mol. The number of anilines is 1. The monoisotopic (exact) mass is 432 g/mol. The zero-order valence-corrected chi connectivity index (χ0v) is 16.1. The van der Waals surface area contributed by atoms with Crippen molar-refractivity contribution in [1.82, 2.24) is 4.72 Å². The first-order valence-electron chi connectivity index (χ1n) is 7.13. The summed E-state index contributed by atoms with van der Waals surface area (Å²) >= 11 is 3.23. The van der Waals surface area contributed by atoms with Crippen LogP contribution in [0.5, 0.6) is 0 Å². The second-order valence-corrected chi connectivity index (χ2v) is 9.35. The van der Waals surface area contributed by atoms with E-state index >= 15 is 0 Å². The molecule has 0 aromatic heterocycles. The molecule has 0 aliphatic heterocycles. The fourth-order valence-corrected chi connectivity index (χ4v) is 4.66. The van der Waals surface area contributed by atoms with E-state index in [1.807, 2.05) is 6.92 Å². The van der Waals surface area contributed by atoms with Crippen molar-refractivity contribution in [2.45, 2.75) is 23.1 Å². The molecule has 2 aromatic carbocycles. The van der Waals surface area contributed by atoms with Crippen LogP contribution in [0, 0.1) is 0 Å². The summed E-state index contributed by atoms with van der Waals surface area (Å²) in [5.41, 5.74) is 0.282. The molecule has 0 saturated carbocycles. The first-order chi connectivity index (χ1) is 11.2. The van der Waals surface area contributed by atoms with E-state index in [2.05, 4.69) is 25.4 Å². The zero-order chi connectivity index (χ0) is 17.8. The minimum atomic E-state index is -3.74. The van der Waals surface area contributed by atoms with Crippen molar-refractivity contribution >= 4 is 41.7 Å². The molecule has 0 unspecified atom stereocenters. The summed E-state index contributed by atoms with van der Waals surface area (Å²) in [4.78, 5) is 0.194. The van der Waals surface area contributed by atoms with Gasteiger partial charge in [-0.3, -0.25) is 4.72 Å². The predicted molar refractivity (Wildman–Crippen MR) is 96.9 cm³/mol. The summed E-state index contributed by atoms with van der Waals surface area (Å²) in [7, 11) is -7.32. The molecule has 24 heavy (non-hydrogen) atoms. The van der Waals surface area contributed by atoms with Gasteiger partial charge in [0.15, 0.2) is 0 Å². The summed E-state index contributed by atoms with van der Waals surface area (Å²) in [5.74, 6) is 0. The van der Waals surface area contributed by atoms with Gasteiger partial charge in [-0.2, -0.15) is 0 Å². The Bertz CT molecular complexity index is 911. The summed E-state index contributed by atoms with van der Waals surface area (Å²) in [5, 5.41) is 0. The Hall–Kier alpha value is -1.42. The lowest BCUT2D eigenvalue weighted by molar-refractivity contribution is 0.581. The van der Waals surface area contributed by atoms with Crippen LogP contribution in [0.25, 0.3) is 0 Å². The molecule has 0 amide bonds. The van der Waals surface area contributed by atoms with Crippen LogP contribution in [-0.4, -0.2) is 23.4 Å². The number of hydrogen-bond donors (Lipinski definition) is 2. The van der Waals surface area contributed by atoms with Gasteiger partial charge in [0.1, 0.15) is 0 Å². The van der Waals surface area contributed by atoms with E-state index in [-0.39, 0.29) is 15.5 Å². The van der Waals surface area contributed by atoms with Gasteiger partial charge in [0.25, 0.3) is 10.0 Å². The summed E-state index contributed by atoms with van der Waals surface area (Å²) in [6, 6.07) is 11.8. The van der Waals surface area contributed by atoms with Gasteiger partial charge in [-0.1, -0.05) is 28.9 Å². The highest BCUT2D eigenvalue weighted by Gasteiger charge is 2.16. The molecule has 0 fully saturated rings. The molecule has 0 spiro atoms. The molecule has 0 bridgehead atoms. The van der Waals surface area contributed by atoms with Crippen LogP contribution in [0.4, 0.5) is 5.69 Å². The Labute approximate surface area is 150 Å². The molecule has 2 N–H and O–H groups in total. The minimum Gasteiger partial charge on any atom is -0.280 e. The molecule has 0 radical (unpaired) electrons. The van der Waals surface area contributed by atoms with Crippen molar-refractivity contribution < 1.29 is 16.8 Å². The SMILES string of the molecule is CCCNS(=O)(=O)c1ccc(NS(=O)(=O)c2cccc(Br)c2)cc1. The van der Waals surface area contributed by atoms with E-state index < -0.39 is 20.0 Å². The average molecular weight is 433 g/mol. The molecule has 9 heteroatoms. The lowest BCUT2D eigenvalue weighted by Crippen LogP contribution is -2.24. The average Bonchev–Trinajstić information content (AvgIpc) is 2.53. The van der Waals surface area contributed by atoms with E-state index in [1.165, 1.54) is 36.4 Å². The Morgan fingerprint density at radius 3 is 2.17 bits per heavy atom. The highest BCUT2D eigenvalue weighted by molar-refractivity contribution is 9.10. The predicted octanol–water partition coefficient (Wildman–Crippen LogP) is 2.94. The summed E-state index contributed by atoms with van der Waals surface area (Å²) in [6.45, 7) is 2.21. The molecule has 2 aromatic rings. The molecule has 0 heterocycles. The van der Waals surface area contributed by atoms with Crippen LogP contribution in [0.1, 0.15) is 13.3 Å². The third kappa shape index (κ3) is 4.79. The Morgan fingerprint density at radius 2 is 1.58 bits per heavy atom. The molecule has 6 nitrogen and oxygen atoms in total. The lowest BCUT2D eigenvalue weighted by atomic mass is 10.3. The van der Waals surface area contributed by atoms with Crippen molar-refractivity contribution in [3.05, 3.63) is 53.0 Å². The molecule has 130 valence electrons. The maximum Gasteiger partial charge on any atom is 0.261 e. The number of hydrogen-bond acceptors (Lipinski definition) is 4. The first kappa shape index (κ1) is 18.9. The quantitative estimate of drug-likeness (QED) is 0.703. The standard InChI is InChI=1S/C15H17BrN2O4S2/c1-2-10-17-23(19,20)14-8-6-13(7-9-14)18-24(21,22)15-5-3-4-12(16)11-15/h3-9,11,17-18H,2,10H2,1H3. The number of sulfonamides is 2. The molecule has 0 aliphatic rings. The second-order valence-electron chi connectivity index (χ2n) is 4.99. The Morgan fingerprint density at radius 1 is 0.917 bits per heavy atom. The maximum atomic E-state index is 12.3. The molecule has 0 saturated heterocycles. The van der Waals surface area contributed by atoms with Crippen LogP contribution in [0.3, 0.4) is 0 Å². The number of benzene rings is 2. The lowest BCUT2D eigenvalue weighted by Gasteiger charge is -2.10. The Kier molecular flexibility index (Phi) is 6.02. The van der Waals surface area contributed by atoms with E-state index in [0.717, 1.165) is 0 Å². The maximum absolute atomic E-state index is 12.3. The van der Waals surface area contributed by atoms with Crippen LogP contribution in [-0.2, 0) is 20.0 Å². The van der Waals surface area contributed by atoms with Crippen molar-refractivity contribution in [2.24, 2.45) is 0 Å². The van der Waals surface area contributed by atoms with Gasteiger partial charge < -0.3 is 0 Å². The van der Waals surface area contributed by atoms with E-state index in [9.17, 15) is 16.8 Å². The number of halogens is 1. The van der Waals surface area contributed by atoms with E-state index in [0.29, 0.717) is 17.4 Å². The normalized spacial score (nSPS) is 12.1. The minimum absolute atomic E-state index is 0.0846. The van der Waals surface area contributed by atoms with Gasteiger partial charge in [0, 0.05) is 16.7 Å². The van der Waals surface area contributed by atoms with Gasteiger partial charge in [-0.25, -0.2) is 21.6 Å². The van der Waals surface area contributed by atoms with Crippen LogP contribution >= 0.6 is 15.9 Å². The van der Waals surface area contributed by atoms with Gasteiger partial charge in [0.2, 0.25) is 10.0 Å². The van der Waals surface area contributed by atoms with Gasteiger partial charge >= 0.3 is 0 Å². The van der Waals surface area contributed by atoms with Gasteiger partial charge in [0.05, 0.1) is 9.79 Å². The zero-order valence-electron chi connectivity index (χ0n) is 12.9. The van der Waals surface area contributed by atoms with E-state index in [1.54, 1.807) is 12.1 Å². The topological polar surface area (TPSA) is 92.3 Å². The number of nitrogens with one attached hydrogen (secondary N) is 2. The van der Waals surface area contributed by atoms with Crippen molar-refractivity contribution in [3.63, 3.8) is 0 Å². The van der Waals surface area contributed by atoms with Crippen molar-refractivity contribution in [2.75, 3.05) is 11.3 Å². The molecule has 2 rings (SSSR count). The highest BCUT2D eigenvalue weighted by Crippen LogP contribution is 2.20. The largest absolute Gasteiger partial charge is 0.280 e. The van der Waals surface area contributed by atoms with Crippen molar-refractivity contribution in [1.29, 1.82) is 0 Å². The fourth-order valence-electron chi connectivity index (χ4n) is 1.87. The van der Waals surface area contributed by atoms with Crippen LogP contribution in [0.2, 0.25) is 0 Å². The summed E-state index contributed by atoms with van der Waals surface area (Å²) < 4.78 is 54.1. The molecule has 0 aliphatic carbocycles. The first-order valence-corrected chi connectivity index (χ1v) is 10.9. The highest BCUT2D eigenvalue weighted by atomic mass is 79.9. The number of rotatable bonds is 7. The van der Waals surface area contributed by atoms with Gasteiger partial charge in [-0.15, -0.1) is 0 Å². The third-order valence-electron chi connectivity index (χ3n) is 3.07. The molecular formula is C15H17BrN2O4S2. The van der Waals surface area contributed by atoms with Gasteiger partial charge in [-0.05, 0) is 48.9 Å². The fraction of sp³-hybridized carbons (Fsp3) is 0.200. The second kappa shape index (κ2) is 7.64. The third-order valence-corrected chi connectivity index (χ3v) is 6.41. The van der Waals surface area contributed by atoms with Crippen molar-refractivity contribution in [3.8, 4) is 0 Å². The smallest absolute Gasteiger partial charge is 0.261 e. The molecule has 0 atom stereocenters. The van der Waals surface area contributed by atoms with E-state index in [4.69, 9.17) is 0 Å². The van der Waals surface area contributed by atoms with Crippen LogP contribution in [0.15, 0.2) is 62.8 Å². The summed E-state index contributed by atoms with van der Waals surface area (Å²) in [6.07, 6.45) is 0.684. The Balaban J connectivity index is 2.20. The van der Waals surface area contributed by atoms with Crippen LogP contribution < -0.4 is 9.44 Å².